The van der Waals surface area contributed by atoms with Gasteiger partial charge in [-0.3, -0.25) is 9.59 Å². The first-order valence-corrected chi connectivity index (χ1v) is 7.77. The van der Waals surface area contributed by atoms with E-state index < -0.39 is 5.97 Å². The summed E-state index contributed by atoms with van der Waals surface area (Å²) in [5.74, 6) is -0.569. The van der Waals surface area contributed by atoms with E-state index in [1.165, 1.54) is 7.11 Å². The zero-order valence-corrected chi connectivity index (χ0v) is 13.3. The molecule has 0 bridgehead atoms. The summed E-state index contributed by atoms with van der Waals surface area (Å²) in [5, 5.41) is 0. The minimum Gasteiger partial charge on any atom is -0.465 e. The highest BCUT2D eigenvalue weighted by Crippen LogP contribution is 2.22. The van der Waals surface area contributed by atoms with Gasteiger partial charge in [-0.2, -0.15) is 0 Å². The SMILES string of the molecule is COC(=O)c1cccc(C(=O)N2CCCC(CCC(N)=O)C2)c1. The molecule has 0 radical (unpaired) electrons. The van der Waals surface area contributed by atoms with Crippen LogP contribution >= 0.6 is 0 Å². The Kier molecular flexibility index (Phi) is 5.73. The van der Waals surface area contributed by atoms with Gasteiger partial charge in [0.2, 0.25) is 5.91 Å². The van der Waals surface area contributed by atoms with E-state index in [1.807, 2.05) is 0 Å². The number of carbonyl (C=O) groups excluding carboxylic acids is 3. The first kappa shape index (κ1) is 17.0. The van der Waals surface area contributed by atoms with E-state index in [1.54, 1.807) is 29.2 Å². The van der Waals surface area contributed by atoms with Gasteiger partial charge in [0.15, 0.2) is 0 Å². The lowest BCUT2D eigenvalue weighted by atomic mass is 9.93. The van der Waals surface area contributed by atoms with Crippen molar-refractivity contribution in [2.75, 3.05) is 20.2 Å². The van der Waals surface area contributed by atoms with E-state index in [2.05, 4.69) is 4.74 Å². The van der Waals surface area contributed by atoms with Crippen molar-refractivity contribution >= 4 is 17.8 Å². The fourth-order valence-corrected chi connectivity index (χ4v) is 2.91. The summed E-state index contributed by atoms with van der Waals surface area (Å²) in [4.78, 5) is 36.9. The number of primary amides is 1. The van der Waals surface area contributed by atoms with Gasteiger partial charge in [0, 0.05) is 25.1 Å². The molecule has 1 unspecified atom stereocenters. The normalized spacial score (nSPS) is 17.6. The molecule has 23 heavy (non-hydrogen) atoms. The number of piperidine rings is 1. The van der Waals surface area contributed by atoms with Gasteiger partial charge < -0.3 is 15.4 Å². The van der Waals surface area contributed by atoms with Crippen molar-refractivity contribution in [3.63, 3.8) is 0 Å². The third kappa shape index (κ3) is 4.55. The topological polar surface area (TPSA) is 89.7 Å². The van der Waals surface area contributed by atoms with Gasteiger partial charge in [0.1, 0.15) is 0 Å². The molecule has 1 fully saturated rings. The summed E-state index contributed by atoms with van der Waals surface area (Å²) >= 11 is 0. The quantitative estimate of drug-likeness (QED) is 0.835. The Bertz CT molecular complexity index is 600. The summed E-state index contributed by atoms with van der Waals surface area (Å²) in [7, 11) is 1.31. The predicted molar refractivity (Wildman–Crippen MR) is 84.8 cm³/mol. The van der Waals surface area contributed by atoms with E-state index in [0.29, 0.717) is 43.0 Å². The third-order valence-corrected chi connectivity index (χ3v) is 4.14. The second-order valence-corrected chi connectivity index (χ2v) is 5.84. The summed E-state index contributed by atoms with van der Waals surface area (Å²) in [5.41, 5.74) is 6.03. The molecule has 1 heterocycles. The molecule has 1 atom stereocenters. The number of methoxy groups -OCH3 is 1. The van der Waals surface area contributed by atoms with E-state index in [4.69, 9.17) is 5.73 Å². The van der Waals surface area contributed by atoms with E-state index in [9.17, 15) is 14.4 Å². The lowest BCUT2D eigenvalue weighted by molar-refractivity contribution is -0.118. The summed E-state index contributed by atoms with van der Waals surface area (Å²) < 4.78 is 4.68. The zero-order valence-electron chi connectivity index (χ0n) is 13.3. The van der Waals surface area contributed by atoms with Gasteiger partial charge in [-0.1, -0.05) is 6.07 Å². The van der Waals surface area contributed by atoms with Crippen LogP contribution in [0.5, 0.6) is 0 Å². The van der Waals surface area contributed by atoms with Crippen molar-refractivity contribution in [3.8, 4) is 0 Å². The second kappa shape index (κ2) is 7.76. The van der Waals surface area contributed by atoms with Crippen LogP contribution in [0.25, 0.3) is 0 Å². The third-order valence-electron chi connectivity index (χ3n) is 4.14. The average molecular weight is 318 g/mol. The number of amides is 2. The largest absolute Gasteiger partial charge is 0.465 e. The summed E-state index contributed by atoms with van der Waals surface area (Å²) in [6.45, 7) is 1.31. The van der Waals surface area contributed by atoms with Crippen LogP contribution in [0.3, 0.4) is 0 Å². The van der Waals surface area contributed by atoms with Crippen LogP contribution in [0.4, 0.5) is 0 Å². The minimum atomic E-state index is -0.461. The number of esters is 1. The fourth-order valence-electron chi connectivity index (χ4n) is 2.91. The molecule has 2 amide bonds. The molecule has 1 aromatic rings. The maximum absolute atomic E-state index is 12.6. The molecular weight excluding hydrogens is 296 g/mol. The molecule has 0 spiro atoms. The Morgan fingerprint density at radius 1 is 1.30 bits per heavy atom. The maximum Gasteiger partial charge on any atom is 0.337 e. The highest BCUT2D eigenvalue weighted by atomic mass is 16.5. The van der Waals surface area contributed by atoms with E-state index >= 15 is 0 Å². The van der Waals surface area contributed by atoms with Gasteiger partial charge in [0.25, 0.3) is 5.91 Å². The van der Waals surface area contributed by atoms with Gasteiger partial charge in [-0.15, -0.1) is 0 Å². The Hall–Kier alpha value is -2.37. The number of likely N-dealkylation sites (tertiary alicyclic amines) is 1. The highest BCUT2D eigenvalue weighted by Gasteiger charge is 2.25. The smallest absolute Gasteiger partial charge is 0.337 e. The van der Waals surface area contributed by atoms with Crippen LogP contribution in [-0.4, -0.2) is 42.9 Å². The monoisotopic (exact) mass is 318 g/mol. The van der Waals surface area contributed by atoms with Crippen molar-refractivity contribution in [2.45, 2.75) is 25.7 Å². The summed E-state index contributed by atoms with van der Waals surface area (Å²) in [6, 6.07) is 6.55. The lowest BCUT2D eigenvalue weighted by Crippen LogP contribution is -2.40. The predicted octanol–water partition coefficient (Wildman–Crippen LogP) is 1.59. The Morgan fingerprint density at radius 3 is 2.74 bits per heavy atom. The lowest BCUT2D eigenvalue weighted by Gasteiger charge is -2.32. The molecule has 0 saturated carbocycles. The molecular formula is C17H22N2O4. The minimum absolute atomic E-state index is 0.0977. The number of benzene rings is 1. The van der Waals surface area contributed by atoms with Crippen molar-refractivity contribution in [1.82, 2.24) is 4.90 Å². The van der Waals surface area contributed by atoms with Crippen LogP contribution in [0.1, 0.15) is 46.4 Å². The molecule has 1 saturated heterocycles. The van der Waals surface area contributed by atoms with E-state index in [0.717, 1.165) is 12.8 Å². The molecule has 6 heteroatoms. The fraction of sp³-hybridized carbons (Fsp3) is 0.471. The van der Waals surface area contributed by atoms with Gasteiger partial charge >= 0.3 is 5.97 Å². The van der Waals surface area contributed by atoms with Gasteiger partial charge in [-0.25, -0.2) is 4.79 Å². The van der Waals surface area contributed by atoms with Crippen LogP contribution in [0.15, 0.2) is 24.3 Å². The van der Waals surface area contributed by atoms with Gasteiger partial charge in [0.05, 0.1) is 12.7 Å². The molecule has 1 aliphatic rings. The molecule has 0 aliphatic carbocycles. The standard InChI is InChI=1S/C17H22N2O4/c1-23-17(22)14-6-2-5-13(10-14)16(21)19-9-3-4-12(11-19)7-8-15(18)20/h2,5-6,10,12H,3-4,7-9,11H2,1H3,(H2,18,20). The van der Waals surface area contributed by atoms with Crippen LogP contribution < -0.4 is 5.73 Å². The number of ether oxygens (including phenoxy) is 1. The Labute approximate surface area is 135 Å². The first-order valence-electron chi connectivity index (χ1n) is 7.77. The first-order chi connectivity index (χ1) is 11.0. The second-order valence-electron chi connectivity index (χ2n) is 5.84. The number of hydrogen-bond acceptors (Lipinski definition) is 4. The number of nitrogens with zero attached hydrogens (tertiary/aromatic N) is 1. The van der Waals surface area contributed by atoms with Crippen LogP contribution in [0, 0.1) is 5.92 Å². The molecule has 2 N–H and O–H groups in total. The molecule has 6 nitrogen and oxygen atoms in total. The molecule has 1 aromatic carbocycles. The van der Waals surface area contributed by atoms with Crippen molar-refractivity contribution in [1.29, 1.82) is 0 Å². The van der Waals surface area contributed by atoms with Crippen molar-refractivity contribution in [3.05, 3.63) is 35.4 Å². The van der Waals surface area contributed by atoms with E-state index in [-0.39, 0.29) is 11.8 Å². The average Bonchev–Trinajstić information content (AvgIpc) is 2.59. The number of hydrogen-bond donors (Lipinski definition) is 1. The van der Waals surface area contributed by atoms with Gasteiger partial charge in [-0.05, 0) is 43.4 Å². The molecule has 124 valence electrons. The molecule has 2 rings (SSSR count). The number of rotatable bonds is 5. The highest BCUT2D eigenvalue weighted by molar-refractivity contribution is 5.98. The van der Waals surface area contributed by atoms with Crippen molar-refractivity contribution in [2.24, 2.45) is 11.7 Å². The number of carbonyl (C=O) groups is 3. The summed E-state index contributed by atoms with van der Waals surface area (Å²) in [6.07, 6.45) is 2.97. The maximum atomic E-state index is 12.6. The molecule has 1 aliphatic heterocycles. The van der Waals surface area contributed by atoms with Crippen LogP contribution in [0.2, 0.25) is 0 Å². The zero-order chi connectivity index (χ0) is 16.8. The van der Waals surface area contributed by atoms with Crippen LogP contribution in [-0.2, 0) is 9.53 Å². The molecule has 0 aromatic heterocycles. The Morgan fingerprint density at radius 2 is 2.04 bits per heavy atom. The Balaban J connectivity index is 2.04. The van der Waals surface area contributed by atoms with Crippen molar-refractivity contribution < 1.29 is 19.1 Å². The number of nitrogens with two attached hydrogens (primary N) is 1.